The Morgan fingerprint density at radius 3 is 2.86 bits per heavy atom. The second-order valence-electron chi connectivity index (χ2n) is 4.31. The first-order valence-corrected chi connectivity index (χ1v) is 7.97. The zero-order valence-corrected chi connectivity index (χ0v) is 12.9. The molecule has 2 aromatic rings. The van der Waals surface area contributed by atoms with E-state index in [2.05, 4.69) is 4.98 Å². The minimum absolute atomic E-state index is 0.117. The summed E-state index contributed by atoms with van der Waals surface area (Å²) in [7, 11) is 0. The normalized spacial score (nSPS) is 11.1. The fourth-order valence-electron chi connectivity index (χ4n) is 1.81. The monoisotopic (exact) mass is 332 g/mol. The van der Waals surface area contributed by atoms with Gasteiger partial charge in [-0.05, 0) is 18.4 Å². The lowest BCUT2D eigenvalue weighted by Gasteiger charge is -2.20. The minimum atomic E-state index is -2.63. The van der Waals surface area contributed by atoms with E-state index in [1.54, 1.807) is 6.92 Å². The Kier molecular flexibility index (Phi) is 5.38. The average Bonchev–Trinajstić information content (AvgIpc) is 3.05. The third kappa shape index (κ3) is 3.84. The summed E-state index contributed by atoms with van der Waals surface area (Å²) in [5.41, 5.74) is 1.43. The molecule has 0 saturated carbocycles. The molecule has 0 spiro atoms. The molecule has 0 unspecified atom stereocenters. The van der Waals surface area contributed by atoms with E-state index in [-0.39, 0.29) is 13.2 Å². The van der Waals surface area contributed by atoms with Gasteiger partial charge < -0.3 is 10.0 Å². The van der Waals surface area contributed by atoms with Crippen LogP contribution in [0.1, 0.15) is 15.4 Å². The Hall–Kier alpha value is -1.38. The molecule has 21 heavy (non-hydrogen) atoms. The van der Waals surface area contributed by atoms with Gasteiger partial charge in [0.05, 0.1) is 18.8 Å². The van der Waals surface area contributed by atoms with Crippen LogP contribution in [0.3, 0.4) is 0 Å². The zero-order chi connectivity index (χ0) is 15.4. The minimum Gasteiger partial charge on any atom is -0.395 e. The number of hydrogen-bond donors (Lipinski definition) is 1. The predicted octanol–water partition coefficient (Wildman–Crippen LogP) is 2.88. The van der Waals surface area contributed by atoms with Gasteiger partial charge in [0.2, 0.25) is 0 Å². The lowest BCUT2D eigenvalue weighted by atomic mass is 10.3. The number of aliphatic hydroxyl groups excluding tert-OH is 1. The number of hydrogen-bond acceptors (Lipinski definition) is 5. The summed E-state index contributed by atoms with van der Waals surface area (Å²) in [5, 5.41) is 13.4. The number of thiophene rings is 1. The Balaban J connectivity index is 2.25. The van der Waals surface area contributed by atoms with E-state index in [0.717, 1.165) is 10.5 Å². The third-order valence-corrected chi connectivity index (χ3v) is 4.65. The lowest BCUT2D eigenvalue weighted by molar-refractivity contribution is 0.0512. The highest BCUT2D eigenvalue weighted by atomic mass is 32.1. The first kappa shape index (κ1) is 16.0. The van der Waals surface area contributed by atoms with Crippen LogP contribution >= 0.6 is 22.7 Å². The third-order valence-electron chi connectivity index (χ3n) is 2.77. The van der Waals surface area contributed by atoms with E-state index >= 15 is 0 Å². The zero-order valence-electron chi connectivity index (χ0n) is 11.3. The summed E-state index contributed by atoms with van der Waals surface area (Å²) in [5.74, 6) is -0.513. The molecule has 2 rings (SSSR count). The molecule has 0 radical (unpaired) electrons. The number of alkyl halides is 2. The molecular weight excluding hydrogens is 318 g/mol. The maximum Gasteiger partial charge on any atom is 0.266 e. The Morgan fingerprint density at radius 1 is 1.52 bits per heavy atom. The molecule has 0 saturated heterocycles. The van der Waals surface area contributed by atoms with Crippen molar-refractivity contribution in [3.05, 3.63) is 27.4 Å². The molecule has 114 valence electrons. The standard InChI is InChI=1S/C13H14F2N2O2S2/c1-8-11(13(19)17(3-4-18)6-10(14)15)21-12(16-8)9-2-5-20-7-9/h2,5,7,10,18H,3-4,6H2,1H3. The number of carbonyl (C=O) groups excluding carboxylic acids is 1. The van der Waals surface area contributed by atoms with Gasteiger partial charge in [-0.25, -0.2) is 13.8 Å². The van der Waals surface area contributed by atoms with Crippen LogP contribution in [0.4, 0.5) is 8.78 Å². The van der Waals surface area contributed by atoms with Gasteiger partial charge in [-0.2, -0.15) is 11.3 Å². The van der Waals surface area contributed by atoms with Crippen LogP contribution in [-0.4, -0.2) is 47.0 Å². The van der Waals surface area contributed by atoms with Gasteiger partial charge in [-0.3, -0.25) is 4.79 Å². The van der Waals surface area contributed by atoms with Crippen LogP contribution in [0.15, 0.2) is 16.8 Å². The number of halogens is 2. The van der Waals surface area contributed by atoms with E-state index in [9.17, 15) is 13.6 Å². The van der Waals surface area contributed by atoms with Crippen molar-refractivity contribution in [1.29, 1.82) is 0 Å². The molecule has 0 aliphatic carbocycles. The largest absolute Gasteiger partial charge is 0.395 e. The molecule has 2 aromatic heterocycles. The number of amides is 1. The van der Waals surface area contributed by atoms with Crippen LogP contribution < -0.4 is 0 Å². The second kappa shape index (κ2) is 7.06. The molecular formula is C13H14F2N2O2S2. The molecule has 0 fully saturated rings. The van der Waals surface area contributed by atoms with Crippen molar-refractivity contribution >= 4 is 28.6 Å². The summed E-state index contributed by atoms with van der Waals surface area (Å²) in [6, 6.07) is 1.89. The highest BCUT2D eigenvalue weighted by Gasteiger charge is 2.24. The molecule has 4 nitrogen and oxygen atoms in total. The fourth-order valence-corrected chi connectivity index (χ4v) is 3.56. The van der Waals surface area contributed by atoms with E-state index in [4.69, 9.17) is 5.11 Å². The molecule has 8 heteroatoms. The van der Waals surface area contributed by atoms with Crippen LogP contribution in [-0.2, 0) is 0 Å². The van der Waals surface area contributed by atoms with Gasteiger partial charge in [0.1, 0.15) is 9.88 Å². The summed E-state index contributed by atoms with van der Waals surface area (Å²) in [4.78, 5) is 18.0. The quantitative estimate of drug-likeness (QED) is 0.885. The van der Waals surface area contributed by atoms with Crippen LogP contribution in [0.5, 0.6) is 0 Å². The van der Waals surface area contributed by atoms with Gasteiger partial charge in [0, 0.05) is 17.5 Å². The average molecular weight is 332 g/mol. The number of aryl methyl sites for hydroxylation is 1. The second-order valence-corrected chi connectivity index (χ2v) is 6.09. The Morgan fingerprint density at radius 2 is 2.29 bits per heavy atom. The van der Waals surface area contributed by atoms with Crippen molar-refractivity contribution in [3.8, 4) is 10.6 Å². The van der Waals surface area contributed by atoms with E-state index in [0.29, 0.717) is 15.6 Å². The lowest BCUT2D eigenvalue weighted by Crippen LogP contribution is -2.37. The van der Waals surface area contributed by atoms with Crippen molar-refractivity contribution < 1.29 is 18.7 Å². The topological polar surface area (TPSA) is 53.4 Å². The van der Waals surface area contributed by atoms with Gasteiger partial charge in [-0.1, -0.05) is 0 Å². The first-order valence-electron chi connectivity index (χ1n) is 6.21. The SMILES string of the molecule is Cc1nc(-c2ccsc2)sc1C(=O)N(CCO)CC(F)F. The summed E-state index contributed by atoms with van der Waals surface area (Å²) in [6.45, 7) is 0.519. The number of rotatable bonds is 6. The van der Waals surface area contributed by atoms with Crippen LogP contribution in [0, 0.1) is 6.92 Å². The smallest absolute Gasteiger partial charge is 0.266 e. The fraction of sp³-hybridized carbons (Fsp3) is 0.385. The molecule has 0 aliphatic heterocycles. The predicted molar refractivity (Wildman–Crippen MR) is 79.2 cm³/mol. The maximum absolute atomic E-state index is 12.5. The summed E-state index contributed by atoms with van der Waals surface area (Å²) < 4.78 is 25.1. The van der Waals surface area contributed by atoms with Crippen molar-refractivity contribution in [1.82, 2.24) is 9.88 Å². The highest BCUT2D eigenvalue weighted by molar-refractivity contribution is 7.17. The number of carbonyl (C=O) groups is 1. The van der Waals surface area contributed by atoms with Crippen molar-refractivity contribution in [2.75, 3.05) is 19.7 Å². The summed E-state index contributed by atoms with van der Waals surface area (Å²) >= 11 is 2.70. The van der Waals surface area contributed by atoms with Crippen LogP contribution in [0.2, 0.25) is 0 Å². The number of thiazole rings is 1. The number of nitrogens with zero attached hydrogens (tertiary/aromatic N) is 2. The molecule has 0 aliphatic rings. The maximum atomic E-state index is 12.5. The first-order chi connectivity index (χ1) is 10.0. The van der Waals surface area contributed by atoms with E-state index < -0.39 is 18.9 Å². The van der Waals surface area contributed by atoms with E-state index in [1.807, 2.05) is 16.8 Å². The number of aromatic nitrogens is 1. The highest BCUT2D eigenvalue weighted by Crippen LogP contribution is 2.30. The molecule has 2 heterocycles. The van der Waals surface area contributed by atoms with Gasteiger partial charge >= 0.3 is 0 Å². The van der Waals surface area contributed by atoms with Crippen LogP contribution in [0.25, 0.3) is 10.6 Å². The Bertz CT molecular complexity index is 599. The molecule has 1 amide bonds. The summed E-state index contributed by atoms with van der Waals surface area (Å²) in [6.07, 6.45) is -2.63. The van der Waals surface area contributed by atoms with E-state index in [1.165, 1.54) is 22.7 Å². The van der Waals surface area contributed by atoms with Crippen molar-refractivity contribution in [2.45, 2.75) is 13.3 Å². The van der Waals surface area contributed by atoms with Gasteiger partial charge in [0.25, 0.3) is 12.3 Å². The molecule has 1 N–H and O–H groups in total. The molecule has 0 aromatic carbocycles. The molecule has 0 atom stereocenters. The Labute approximate surface area is 128 Å². The van der Waals surface area contributed by atoms with Gasteiger partial charge in [0.15, 0.2) is 0 Å². The van der Waals surface area contributed by atoms with Crippen molar-refractivity contribution in [2.24, 2.45) is 0 Å². The van der Waals surface area contributed by atoms with Crippen molar-refractivity contribution in [3.63, 3.8) is 0 Å². The van der Waals surface area contributed by atoms with Gasteiger partial charge in [-0.15, -0.1) is 11.3 Å². The number of aliphatic hydroxyl groups is 1. The molecule has 0 bridgehead atoms.